The van der Waals surface area contributed by atoms with E-state index >= 15 is 0 Å². The van der Waals surface area contributed by atoms with Crippen LogP contribution in [0.2, 0.25) is 0 Å². The highest BCUT2D eigenvalue weighted by Gasteiger charge is 2.13. The predicted molar refractivity (Wildman–Crippen MR) is 71.1 cm³/mol. The molecule has 0 bridgehead atoms. The van der Waals surface area contributed by atoms with Crippen molar-refractivity contribution in [1.29, 1.82) is 0 Å². The van der Waals surface area contributed by atoms with Crippen LogP contribution in [0.15, 0.2) is 36.4 Å². The van der Waals surface area contributed by atoms with Crippen LogP contribution in [0.3, 0.4) is 0 Å². The molecule has 1 heterocycles. The third kappa shape index (κ3) is 2.71. The second kappa shape index (κ2) is 5.40. The molecular weight excluding hydrogens is 228 g/mol. The van der Waals surface area contributed by atoms with Gasteiger partial charge in [0.15, 0.2) is 5.88 Å². The number of aromatic amines is 1. The van der Waals surface area contributed by atoms with E-state index in [1.54, 1.807) is 0 Å². The lowest BCUT2D eigenvalue weighted by Crippen LogP contribution is -2.13. The number of benzene rings is 1. The van der Waals surface area contributed by atoms with Crippen LogP contribution in [-0.4, -0.2) is 17.5 Å². The first-order valence-corrected chi connectivity index (χ1v) is 5.89. The second-order valence-corrected chi connectivity index (χ2v) is 3.94. The van der Waals surface area contributed by atoms with Gasteiger partial charge in [-0.1, -0.05) is 18.2 Å². The monoisotopic (exact) mass is 244 g/mol. The van der Waals surface area contributed by atoms with Crippen LogP contribution in [0.25, 0.3) is 0 Å². The smallest absolute Gasteiger partial charge is 0.272 e. The van der Waals surface area contributed by atoms with Crippen molar-refractivity contribution < 1.29 is 9.53 Å². The first kappa shape index (κ1) is 12.2. The molecule has 0 aliphatic heterocycles. The van der Waals surface area contributed by atoms with Gasteiger partial charge in [-0.2, -0.15) is 0 Å². The number of hydrogen-bond acceptors (Lipinski definition) is 2. The van der Waals surface area contributed by atoms with Crippen molar-refractivity contribution >= 4 is 11.6 Å². The second-order valence-electron chi connectivity index (χ2n) is 3.94. The molecule has 1 aromatic carbocycles. The molecule has 2 N–H and O–H groups in total. The Morgan fingerprint density at radius 1 is 1.33 bits per heavy atom. The van der Waals surface area contributed by atoms with E-state index in [0.29, 0.717) is 18.2 Å². The van der Waals surface area contributed by atoms with Crippen LogP contribution in [0, 0.1) is 6.92 Å². The van der Waals surface area contributed by atoms with Crippen LogP contribution in [0.4, 0.5) is 5.69 Å². The van der Waals surface area contributed by atoms with E-state index in [-0.39, 0.29) is 5.91 Å². The summed E-state index contributed by atoms with van der Waals surface area (Å²) in [5.74, 6) is 0.456. The number of amides is 1. The molecule has 18 heavy (non-hydrogen) atoms. The molecule has 0 radical (unpaired) electrons. The van der Waals surface area contributed by atoms with E-state index in [0.717, 1.165) is 11.3 Å². The highest BCUT2D eigenvalue weighted by atomic mass is 16.5. The largest absolute Gasteiger partial charge is 0.479 e. The van der Waals surface area contributed by atoms with Gasteiger partial charge in [-0.15, -0.1) is 0 Å². The molecule has 2 aromatic rings. The molecule has 1 amide bonds. The Labute approximate surface area is 106 Å². The van der Waals surface area contributed by atoms with Crippen LogP contribution >= 0.6 is 0 Å². The van der Waals surface area contributed by atoms with Crippen molar-refractivity contribution in [1.82, 2.24) is 4.98 Å². The number of aromatic nitrogens is 1. The number of nitrogens with one attached hydrogen (secondary N) is 2. The van der Waals surface area contributed by atoms with Gasteiger partial charge in [0.1, 0.15) is 5.69 Å². The molecule has 4 heteroatoms. The minimum Gasteiger partial charge on any atom is -0.479 e. The van der Waals surface area contributed by atoms with Crippen molar-refractivity contribution in [3.05, 3.63) is 47.7 Å². The van der Waals surface area contributed by atoms with Gasteiger partial charge in [0, 0.05) is 11.8 Å². The average Bonchev–Trinajstić information content (AvgIpc) is 2.72. The normalized spacial score (nSPS) is 10.1. The number of hydrogen-bond donors (Lipinski definition) is 2. The molecule has 0 unspecified atom stereocenters. The van der Waals surface area contributed by atoms with E-state index < -0.39 is 0 Å². The molecule has 1 aromatic heterocycles. The van der Waals surface area contributed by atoms with Crippen LogP contribution in [-0.2, 0) is 0 Å². The van der Waals surface area contributed by atoms with Gasteiger partial charge in [-0.25, -0.2) is 0 Å². The highest BCUT2D eigenvalue weighted by Crippen LogP contribution is 2.17. The maximum Gasteiger partial charge on any atom is 0.272 e. The van der Waals surface area contributed by atoms with E-state index in [1.165, 1.54) is 0 Å². The number of para-hydroxylation sites is 1. The Balaban J connectivity index is 2.14. The Kier molecular flexibility index (Phi) is 3.67. The Bertz CT molecular complexity index is 532. The van der Waals surface area contributed by atoms with Crippen molar-refractivity contribution in [3.63, 3.8) is 0 Å². The maximum atomic E-state index is 12.1. The van der Waals surface area contributed by atoms with Crippen molar-refractivity contribution in [2.75, 3.05) is 11.9 Å². The summed E-state index contributed by atoms with van der Waals surface area (Å²) in [5.41, 5.74) is 2.17. The molecule has 2 rings (SSSR count). The average molecular weight is 244 g/mol. The fourth-order valence-corrected chi connectivity index (χ4v) is 1.71. The summed E-state index contributed by atoms with van der Waals surface area (Å²) in [7, 11) is 0. The molecule has 4 nitrogen and oxygen atoms in total. The highest BCUT2D eigenvalue weighted by molar-refractivity contribution is 6.04. The lowest BCUT2D eigenvalue weighted by atomic mass is 10.2. The van der Waals surface area contributed by atoms with Gasteiger partial charge in [-0.05, 0) is 31.5 Å². The molecular formula is C14H16N2O2. The molecule has 0 spiro atoms. The topological polar surface area (TPSA) is 54.1 Å². The zero-order chi connectivity index (χ0) is 13.0. The number of carbonyl (C=O) groups is 1. The summed E-state index contributed by atoms with van der Waals surface area (Å²) < 4.78 is 5.33. The Morgan fingerprint density at radius 2 is 2.06 bits per heavy atom. The lowest BCUT2D eigenvalue weighted by Gasteiger charge is -2.04. The summed E-state index contributed by atoms with van der Waals surface area (Å²) in [6.45, 7) is 4.35. The van der Waals surface area contributed by atoms with Crippen molar-refractivity contribution in [2.45, 2.75) is 13.8 Å². The fraction of sp³-hybridized carbons (Fsp3) is 0.214. The minimum absolute atomic E-state index is 0.162. The zero-order valence-electron chi connectivity index (χ0n) is 10.5. The van der Waals surface area contributed by atoms with E-state index in [4.69, 9.17) is 4.74 Å². The van der Waals surface area contributed by atoms with Crippen LogP contribution in [0.1, 0.15) is 23.0 Å². The fourth-order valence-electron chi connectivity index (χ4n) is 1.71. The van der Waals surface area contributed by atoms with Gasteiger partial charge >= 0.3 is 0 Å². The van der Waals surface area contributed by atoms with Gasteiger partial charge < -0.3 is 15.0 Å². The minimum atomic E-state index is -0.162. The number of ether oxygens (including phenoxy) is 1. The molecule has 0 aliphatic carbocycles. The third-order valence-corrected chi connectivity index (χ3v) is 2.55. The Morgan fingerprint density at radius 3 is 2.72 bits per heavy atom. The lowest BCUT2D eigenvalue weighted by molar-refractivity contribution is 0.102. The quantitative estimate of drug-likeness (QED) is 0.868. The van der Waals surface area contributed by atoms with E-state index in [9.17, 15) is 4.79 Å². The number of aryl methyl sites for hydroxylation is 1. The molecule has 0 saturated carbocycles. The number of anilines is 1. The van der Waals surface area contributed by atoms with Crippen LogP contribution < -0.4 is 10.1 Å². The summed E-state index contributed by atoms with van der Waals surface area (Å²) in [6.07, 6.45) is 0. The number of H-pyrrole nitrogens is 1. The standard InChI is InChI=1S/C14H16N2O2/c1-3-18-12-9-10(2)13(16-12)14(17)15-11-7-5-4-6-8-11/h4-9,16H,3H2,1-2H3,(H,15,17). The molecule has 0 fully saturated rings. The molecule has 0 aliphatic rings. The van der Waals surface area contributed by atoms with E-state index in [2.05, 4.69) is 10.3 Å². The van der Waals surface area contributed by atoms with Gasteiger partial charge in [0.25, 0.3) is 5.91 Å². The summed E-state index contributed by atoms with van der Waals surface area (Å²) in [4.78, 5) is 15.0. The molecule has 0 atom stereocenters. The summed E-state index contributed by atoms with van der Waals surface area (Å²) in [6, 6.07) is 11.2. The third-order valence-electron chi connectivity index (χ3n) is 2.55. The number of rotatable bonds is 4. The molecule has 0 saturated heterocycles. The predicted octanol–water partition coefficient (Wildman–Crippen LogP) is 2.97. The first-order chi connectivity index (χ1) is 8.70. The molecule has 94 valence electrons. The van der Waals surface area contributed by atoms with Crippen molar-refractivity contribution in [2.24, 2.45) is 0 Å². The van der Waals surface area contributed by atoms with E-state index in [1.807, 2.05) is 50.2 Å². The zero-order valence-corrected chi connectivity index (χ0v) is 10.5. The SMILES string of the molecule is CCOc1cc(C)c(C(=O)Nc2ccccc2)[nH]1. The van der Waals surface area contributed by atoms with Gasteiger partial charge in [0.2, 0.25) is 0 Å². The maximum absolute atomic E-state index is 12.1. The van der Waals surface area contributed by atoms with Crippen molar-refractivity contribution in [3.8, 4) is 5.88 Å². The van der Waals surface area contributed by atoms with Gasteiger partial charge in [0.05, 0.1) is 6.61 Å². The number of carbonyl (C=O) groups excluding carboxylic acids is 1. The first-order valence-electron chi connectivity index (χ1n) is 5.89. The Hall–Kier alpha value is -2.23. The van der Waals surface area contributed by atoms with Gasteiger partial charge in [-0.3, -0.25) is 4.79 Å². The summed E-state index contributed by atoms with van der Waals surface area (Å²) in [5, 5.41) is 2.83. The van der Waals surface area contributed by atoms with Crippen LogP contribution in [0.5, 0.6) is 5.88 Å². The summed E-state index contributed by atoms with van der Waals surface area (Å²) >= 11 is 0.